The van der Waals surface area contributed by atoms with Crippen molar-refractivity contribution < 1.29 is 13.2 Å². The maximum absolute atomic E-state index is 13.0. The van der Waals surface area contributed by atoms with E-state index in [1.54, 1.807) is 0 Å². The first-order chi connectivity index (χ1) is 11.8. The van der Waals surface area contributed by atoms with Crippen LogP contribution >= 0.6 is 11.6 Å². The molecule has 1 aromatic carbocycles. The molecular weight excluding hydrogens is 353 g/mol. The van der Waals surface area contributed by atoms with E-state index in [-0.39, 0.29) is 16.7 Å². The monoisotopic (exact) mass is 370 g/mol. The maximum Gasteiger partial charge on any atom is 0.417 e. The summed E-state index contributed by atoms with van der Waals surface area (Å²) in [5.74, 6) is 1.07. The molecule has 25 heavy (non-hydrogen) atoms. The molecule has 2 heterocycles. The van der Waals surface area contributed by atoms with E-state index in [0.717, 1.165) is 43.5 Å². The molecule has 0 radical (unpaired) electrons. The minimum atomic E-state index is -4.51. The highest BCUT2D eigenvalue weighted by Gasteiger charge is 2.33. The number of benzene rings is 1. The lowest BCUT2D eigenvalue weighted by Crippen LogP contribution is -2.30. The number of nitrogens with one attached hydrogen (secondary N) is 1. The Labute approximate surface area is 149 Å². The smallest absolute Gasteiger partial charge is 0.356 e. The third kappa shape index (κ3) is 4.34. The van der Waals surface area contributed by atoms with Crippen LogP contribution in [0.2, 0.25) is 5.02 Å². The molecule has 134 valence electrons. The fraction of sp³-hybridized carbons (Fsp3) is 0.412. The predicted octanol–water partition coefficient (Wildman–Crippen LogP) is 5.19. The van der Waals surface area contributed by atoms with Gasteiger partial charge in [-0.25, -0.2) is 4.98 Å². The van der Waals surface area contributed by atoms with Crippen LogP contribution in [-0.2, 0) is 6.18 Å². The third-order valence-electron chi connectivity index (χ3n) is 4.05. The number of hydrogen-bond donors (Lipinski definition) is 1. The van der Waals surface area contributed by atoms with Crippen LogP contribution in [0.15, 0.2) is 24.3 Å². The summed E-state index contributed by atoms with van der Waals surface area (Å²) in [4.78, 5) is 10.9. The van der Waals surface area contributed by atoms with Crippen LogP contribution in [-0.4, -0.2) is 23.1 Å². The molecule has 1 N–H and O–H groups in total. The molecule has 0 saturated carbocycles. The van der Waals surface area contributed by atoms with Crippen molar-refractivity contribution >= 4 is 29.1 Å². The highest BCUT2D eigenvalue weighted by molar-refractivity contribution is 6.31. The van der Waals surface area contributed by atoms with Crippen molar-refractivity contribution in [3.05, 3.63) is 40.5 Å². The number of aryl methyl sites for hydroxylation is 1. The fourth-order valence-corrected chi connectivity index (χ4v) is 3.07. The van der Waals surface area contributed by atoms with Crippen molar-refractivity contribution in [3.8, 4) is 0 Å². The number of alkyl halides is 3. The van der Waals surface area contributed by atoms with Gasteiger partial charge in [0.25, 0.3) is 0 Å². The molecule has 1 aromatic heterocycles. The lowest BCUT2D eigenvalue weighted by atomic mass is 10.1. The number of piperidine rings is 1. The van der Waals surface area contributed by atoms with Crippen LogP contribution < -0.4 is 10.2 Å². The number of rotatable bonds is 3. The molecule has 0 aliphatic carbocycles. The number of anilines is 3. The van der Waals surface area contributed by atoms with Gasteiger partial charge in [0.15, 0.2) is 0 Å². The van der Waals surface area contributed by atoms with Crippen molar-refractivity contribution in [3.63, 3.8) is 0 Å². The summed E-state index contributed by atoms with van der Waals surface area (Å²) in [7, 11) is 0. The maximum atomic E-state index is 13.0. The summed E-state index contributed by atoms with van der Waals surface area (Å²) in [6.45, 7) is 3.69. The molecule has 8 heteroatoms. The summed E-state index contributed by atoms with van der Waals surface area (Å²) in [5.41, 5.74) is 0.109. The lowest BCUT2D eigenvalue weighted by molar-refractivity contribution is -0.137. The van der Waals surface area contributed by atoms with Gasteiger partial charge in [0, 0.05) is 30.5 Å². The number of aromatic nitrogens is 2. The molecule has 4 nitrogen and oxygen atoms in total. The molecular formula is C17H18ClF3N4. The zero-order chi connectivity index (χ0) is 18.0. The summed E-state index contributed by atoms with van der Waals surface area (Å²) in [5, 5.41) is 2.52. The van der Waals surface area contributed by atoms with E-state index < -0.39 is 11.7 Å². The van der Waals surface area contributed by atoms with Crippen molar-refractivity contribution in [2.75, 3.05) is 23.3 Å². The van der Waals surface area contributed by atoms with Crippen molar-refractivity contribution in [1.29, 1.82) is 0 Å². The lowest BCUT2D eigenvalue weighted by Gasteiger charge is -2.28. The highest BCUT2D eigenvalue weighted by atomic mass is 35.5. The standard InChI is InChI=1S/C17H18ClF3N4/c1-11-9-15(25-7-3-2-4-8-25)24-16(22-11)23-12-5-6-14(18)13(10-12)17(19,20)21/h5-6,9-10H,2-4,7-8H2,1H3,(H,22,23,24). The van der Waals surface area contributed by atoms with E-state index in [2.05, 4.69) is 20.2 Å². The van der Waals surface area contributed by atoms with Crippen LogP contribution in [0.5, 0.6) is 0 Å². The number of hydrogen-bond acceptors (Lipinski definition) is 4. The van der Waals surface area contributed by atoms with E-state index in [1.165, 1.54) is 18.6 Å². The van der Waals surface area contributed by atoms with Gasteiger partial charge in [-0.15, -0.1) is 0 Å². The average molecular weight is 371 g/mol. The van der Waals surface area contributed by atoms with E-state index >= 15 is 0 Å². The molecule has 3 rings (SSSR count). The molecule has 0 bridgehead atoms. The van der Waals surface area contributed by atoms with Gasteiger partial charge in [-0.1, -0.05) is 11.6 Å². The normalized spacial score (nSPS) is 15.3. The molecule has 0 spiro atoms. The Morgan fingerprint density at radius 1 is 1.08 bits per heavy atom. The summed E-state index contributed by atoms with van der Waals surface area (Å²) in [6.07, 6.45) is -1.09. The zero-order valence-electron chi connectivity index (χ0n) is 13.7. The fourth-order valence-electron chi connectivity index (χ4n) is 2.84. The third-order valence-corrected chi connectivity index (χ3v) is 4.38. The van der Waals surface area contributed by atoms with Gasteiger partial charge in [0.05, 0.1) is 10.6 Å². The largest absolute Gasteiger partial charge is 0.417 e. The SMILES string of the molecule is Cc1cc(N2CCCCC2)nc(Nc2ccc(Cl)c(C(F)(F)F)c2)n1. The minimum Gasteiger partial charge on any atom is -0.356 e. The quantitative estimate of drug-likeness (QED) is 0.807. The Bertz CT molecular complexity index is 758. The average Bonchev–Trinajstić information content (AvgIpc) is 2.56. The molecule has 0 unspecified atom stereocenters. The van der Waals surface area contributed by atoms with E-state index in [4.69, 9.17) is 11.6 Å². The van der Waals surface area contributed by atoms with Crippen molar-refractivity contribution in [2.45, 2.75) is 32.4 Å². The Balaban J connectivity index is 1.87. The highest BCUT2D eigenvalue weighted by Crippen LogP contribution is 2.36. The Kier molecular flexibility index (Phi) is 5.03. The Morgan fingerprint density at radius 3 is 2.48 bits per heavy atom. The van der Waals surface area contributed by atoms with Crippen molar-refractivity contribution in [1.82, 2.24) is 9.97 Å². The molecule has 1 aliphatic heterocycles. The van der Waals surface area contributed by atoms with Crippen LogP contribution in [0.3, 0.4) is 0 Å². The van der Waals surface area contributed by atoms with Gasteiger partial charge < -0.3 is 10.2 Å². The second-order valence-corrected chi connectivity index (χ2v) is 6.46. The van der Waals surface area contributed by atoms with Crippen LogP contribution in [0, 0.1) is 6.92 Å². The number of nitrogens with zero attached hydrogens (tertiary/aromatic N) is 3. The van der Waals surface area contributed by atoms with Gasteiger partial charge in [0.2, 0.25) is 5.95 Å². The zero-order valence-corrected chi connectivity index (χ0v) is 14.5. The van der Waals surface area contributed by atoms with Crippen LogP contribution in [0.4, 0.5) is 30.6 Å². The second-order valence-electron chi connectivity index (χ2n) is 6.06. The number of halogens is 4. The van der Waals surface area contributed by atoms with Gasteiger partial charge in [-0.05, 0) is 44.4 Å². The molecule has 2 aromatic rings. The first-order valence-corrected chi connectivity index (χ1v) is 8.45. The summed E-state index contributed by atoms with van der Waals surface area (Å²) >= 11 is 5.65. The van der Waals surface area contributed by atoms with Gasteiger partial charge in [0.1, 0.15) is 5.82 Å². The molecule has 1 fully saturated rings. The van der Waals surface area contributed by atoms with Crippen LogP contribution in [0.25, 0.3) is 0 Å². The molecule has 1 aliphatic rings. The van der Waals surface area contributed by atoms with Crippen molar-refractivity contribution in [2.24, 2.45) is 0 Å². The Morgan fingerprint density at radius 2 is 1.80 bits per heavy atom. The summed E-state index contributed by atoms with van der Waals surface area (Å²) in [6, 6.07) is 5.55. The second kappa shape index (κ2) is 7.07. The van der Waals surface area contributed by atoms with Gasteiger partial charge >= 0.3 is 6.18 Å². The first-order valence-electron chi connectivity index (χ1n) is 8.07. The predicted molar refractivity (Wildman–Crippen MR) is 92.6 cm³/mol. The first kappa shape index (κ1) is 17.8. The van der Waals surface area contributed by atoms with E-state index in [0.29, 0.717) is 0 Å². The molecule has 0 atom stereocenters. The molecule has 0 amide bonds. The summed E-state index contributed by atoms with van der Waals surface area (Å²) < 4.78 is 39.0. The van der Waals surface area contributed by atoms with Crippen LogP contribution in [0.1, 0.15) is 30.5 Å². The van der Waals surface area contributed by atoms with E-state index in [1.807, 2.05) is 13.0 Å². The van der Waals surface area contributed by atoms with E-state index in [9.17, 15) is 13.2 Å². The van der Waals surface area contributed by atoms with Gasteiger partial charge in [-0.2, -0.15) is 18.2 Å². The van der Waals surface area contributed by atoms with Gasteiger partial charge in [-0.3, -0.25) is 0 Å². The minimum absolute atomic E-state index is 0.243. The Hall–Kier alpha value is -2.02. The topological polar surface area (TPSA) is 41.1 Å². The molecule has 1 saturated heterocycles.